The van der Waals surface area contributed by atoms with Crippen LogP contribution in [0.25, 0.3) is 22.6 Å². The Bertz CT molecular complexity index is 940. The van der Waals surface area contributed by atoms with Crippen molar-refractivity contribution in [1.29, 1.82) is 0 Å². The lowest BCUT2D eigenvalue weighted by Gasteiger charge is -2.09. The lowest BCUT2D eigenvalue weighted by atomic mass is 10.2. The number of aromatic amines is 1. The van der Waals surface area contributed by atoms with Gasteiger partial charge >= 0.3 is 0 Å². The summed E-state index contributed by atoms with van der Waals surface area (Å²) >= 11 is 6.43. The maximum Gasteiger partial charge on any atom is 0.231 e. The summed E-state index contributed by atoms with van der Waals surface area (Å²) in [6.45, 7) is 2.24. The van der Waals surface area contributed by atoms with Crippen molar-refractivity contribution in [3.63, 3.8) is 0 Å². The van der Waals surface area contributed by atoms with Crippen molar-refractivity contribution in [2.24, 2.45) is 0 Å². The van der Waals surface area contributed by atoms with Gasteiger partial charge in [-0.15, -0.1) is 0 Å². The van der Waals surface area contributed by atoms with E-state index >= 15 is 0 Å². The highest BCUT2D eigenvalue weighted by molar-refractivity contribution is 6.33. The Morgan fingerprint density at radius 1 is 1.21 bits per heavy atom. The summed E-state index contributed by atoms with van der Waals surface area (Å²) in [5, 5.41) is 5.28. The van der Waals surface area contributed by atoms with E-state index in [2.05, 4.69) is 9.67 Å². The van der Waals surface area contributed by atoms with Gasteiger partial charge in [0.1, 0.15) is 11.3 Å². The maximum atomic E-state index is 6.43. The molecule has 0 amide bonds. The molecule has 1 fully saturated rings. The average molecular weight is 345 g/mol. The lowest BCUT2D eigenvalue weighted by Crippen LogP contribution is -2.07. The molecular formula is C17H17ClN4O2. The first-order chi connectivity index (χ1) is 11.7. The van der Waals surface area contributed by atoms with Crippen molar-refractivity contribution in [3.8, 4) is 22.9 Å². The summed E-state index contributed by atoms with van der Waals surface area (Å²) in [4.78, 5) is 8.18. The monoisotopic (exact) mass is 344 g/mol. The van der Waals surface area contributed by atoms with Crippen LogP contribution in [0.4, 0.5) is 0 Å². The molecule has 0 saturated heterocycles. The molecule has 1 N–H and O–H groups in total. The molecule has 0 bridgehead atoms. The Kier molecular flexibility index (Phi) is 3.03. The number of benzene rings is 1. The molecule has 2 aromatic heterocycles. The smallest absolute Gasteiger partial charge is 0.231 e. The second kappa shape index (κ2) is 5.14. The molecule has 0 radical (unpaired) electrons. The van der Waals surface area contributed by atoms with E-state index in [-0.39, 0.29) is 6.79 Å². The first-order valence-corrected chi connectivity index (χ1v) is 8.63. The Hall–Kier alpha value is -2.21. The van der Waals surface area contributed by atoms with Crippen molar-refractivity contribution in [2.45, 2.75) is 38.6 Å². The Labute approximate surface area is 143 Å². The average Bonchev–Trinajstić information content (AvgIpc) is 3.31. The van der Waals surface area contributed by atoms with E-state index in [0.717, 1.165) is 28.2 Å². The van der Waals surface area contributed by atoms with Crippen LogP contribution in [0, 0.1) is 6.92 Å². The minimum Gasteiger partial charge on any atom is -0.454 e. The van der Waals surface area contributed by atoms with Crippen LogP contribution in [0.3, 0.4) is 0 Å². The topological polar surface area (TPSA) is 65.0 Å². The van der Waals surface area contributed by atoms with Crippen LogP contribution >= 0.6 is 11.6 Å². The summed E-state index contributed by atoms with van der Waals surface area (Å²) in [5.74, 6) is 2.11. The van der Waals surface area contributed by atoms with E-state index in [1.165, 1.54) is 25.7 Å². The number of halogens is 1. The first-order valence-electron chi connectivity index (χ1n) is 8.25. The molecule has 1 aromatic carbocycles. The number of nitrogens with zero attached hydrogens (tertiary/aromatic N) is 3. The predicted molar refractivity (Wildman–Crippen MR) is 90.7 cm³/mol. The minimum absolute atomic E-state index is 0.227. The van der Waals surface area contributed by atoms with Crippen LogP contribution in [0.15, 0.2) is 12.1 Å². The molecule has 3 heterocycles. The van der Waals surface area contributed by atoms with Gasteiger partial charge in [-0.25, -0.2) is 9.67 Å². The van der Waals surface area contributed by atoms with Gasteiger partial charge in [-0.3, -0.25) is 0 Å². The fourth-order valence-electron chi connectivity index (χ4n) is 3.67. The summed E-state index contributed by atoms with van der Waals surface area (Å²) in [7, 11) is 0. The zero-order valence-corrected chi connectivity index (χ0v) is 14.1. The number of aromatic nitrogens is 4. The number of rotatable bonds is 2. The van der Waals surface area contributed by atoms with Crippen LogP contribution in [-0.2, 0) is 0 Å². The molecule has 5 rings (SSSR count). The van der Waals surface area contributed by atoms with E-state index in [1.54, 1.807) is 6.07 Å². The lowest BCUT2D eigenvalue weighted by molar-refractivity contribution is 0.174. The van der Waals surface area contributed by atoms with Gasteiger partial charge in [-0.1, -0.05) is 24.4 Å². The number of nitrogens with one attached hydrogen (secondary N) is 1. The highest BCUT2D eigenvalue weighted by Crippen LogP contribution is 2.41. The number of hydrogen-bond acceptors (Lipinski definition) is 4. The molecule has 1 aliphatic carbocycles. The molecule has 1 aliphatic heterocycles. The van der Waals surface area contributed by atoms with Gasteiger partial charge in [0.05, 0.1) is 16.8 Å². The van der Waals surface area contributed by atoms with Crippen LogP contribution in [-0.4, -0.2) is 26.5 Å². The summed E-state index contributed by atoms with van der Waals surface area (Å²) in [6, 6.07) is 4.11. The number of ether oxygens (including phenoxy) is 2. The number of fused-ring (bicyclic) bond motifs is 2. The molecule has 1 saturated carbocycles. The second-order valence-electron chi connectivity index (χ2n) is 6.44. The van der Waals surface area contributed by atoms with Crippen molar-refractivity contribution < 1.29 is 9.47 Å². The van der Waals surface area contributed by atoms with Gasteiger partial charge in [0.25, 0.3) is 0 Å². The zero-order chi connectivity index (χ0) is 16.3. The number of H-pyrrole nitrogens is 1. The molecule has 0 spiro atoms. The zero-order valence-electron chi connectivity index (χ0n) is 13.3. The number of aryl methyl sites for hydroxylation is 1. The Balaban J connectivity index is 1.64. The largest absolute Gasteiger partial charge is 0.454 e. The Morgan fingerprint density at radius 3 is 2.75 bits per heavy atom. The predicted octanol–water partition coefficient (Wildman–Crippen LogP) is 4.23. The fraction of sp³-hybridized carbons (Fsp3) is 0.412. The first kappa shape index (κ1) is 14.2. The van der Waals surface area contributed by atoms with Crippen molar-refractivity contribution >= 4 is 22.8 Å². The quantitative estimate of drug-likeness (QED) is 0.755. The summed E-state index contributed by atoms with van der Waals surface area (Å²) < 4.78 is 12.9. The van der Waals surface area contributed by atoms with Gasteiger partial charge in [-0.05, 0) is 25.8 Å². The molecule has 3 aromatic rings. The molecule has 0 unspecified atom stereocenters. The summed E-state index contributed by atoms with van der Waals surface area (Å²) in [6.07, 6.45) is 4.86. The van der Waals surface area contributed by atoms with Gasteiger partial charge < -0.3 is 14.5 Å². The third-order valence-electron chi connectivity index (χ3n) is 4.91. The van der Waals surface area contributed by atoms with Gasteiger partial charge in [0, 0.05) is 11.6 Å². The van der Waals surface area contributed by atoms with E-state index < -0.39 is 0 Å². The normalized spacial score (nSPS) is 17.2. The number of hydrogen-bond donors (Lipinski definition) is 1. The maximum absolute atomic E-state index is 6.43. The third-order valence-corrected chi connectivity index (χ3v) is 5.22. The van der Waals surface area contributed by atoms with Crippen LogP contribution in [0.5, 0.6) is 11.5 Å². The molecular weight excluding hydrogens is 328 g/mol. The summed E-state index contributed by atoms with van der Waals surface area (Å²) in [5.41, 5.74) is 3.66. The van der Waals surface area contributed by atoms with Crippen LogP contribution in [0.1, 0.15) is 37.4 Å². The highest BCUT2D eigenvalue weighted by atomic mass is 35.5. The van der Waals surface area contributed by atoms with E-state index in [0.29, 0.717) is 22.6 Å². The molecule has 6 nitrogen and oxygen atoms in total. The van der Waals surface area contributed by atoms with Crippen molar-refractivity contribution in [3.05, 3.63) is 22.8 Å². The number of imidazole rings is 1. The van der Waals surface area contributed by atoms with Crippen LogP contribution in [0.2, 0.25) is 5.02 Å². The molecule has 24 heavy (non-hydrogen) atoms. The van der Waals surface area contributed by atoms with Gasteiger partial charge in [0.2, 0.25) is 6.79 Å². The van der Waals surface area contributed by atoms with Gasteiger partial charge in [0.15, 0.2) is 17.1 Å². The molecule has 2 aliphatic rings. The van der Waals surface area contributed by atoms with E-state index in [4.69, 9.17) is 31.2 Å². The third kappa shape index (κ3) is 2.02. The minimum atomic E-state index is 0.227. The highest BCUT2D eigenvalue weighted by Gasteiger charge is 2.24. The van der Waals surface area contributed by atoms with Crippen molar-refractivity contribution in [1.82, 2.24) is 19.7 Å². The van der Waals surface area contributed by atoms with Crippen molar-refractivity contribution in [2.75, 3.05) is 6.79 Å². The molecule has 124 valence electrons. The van der Waals surface area contributed by atoms with Gasteiger partial charge in [-0.2, -0.15) is 5.10 Å². The Morgan fingerprint density at radius 2 is 1.96 bits per heavy atom. The SMILES string of the molecule is Cc1nn(C2CCCC2)c2nc(-c3cc4c(cc3Cl)OCO4)[nH]c12. The van der Waals surface area contributed by atoms with E-state index in [1.807, 2.05) is 13.0 Å². The molecule has 0 atom stereocenters. The standard InChI is InChI=1S/C17H17ClN4O2/c1-9-15-17(22(21-9)10-4-2-3-5-10)20-16(19-15)11-6-13-14(7-12(11)18)24-8-23-13/h6-7,10H,2-5,8H2,1H3,(H,19,20). The molecule has 7 heteroatoms. The second-order valence-corrected chi connectivity index (χ2v) is 6.84. The van der Waals surface area contributed by atoms with E-state index in [9.17, 15) is 0 Å². The van der Waals surface area contributed by atoms with Crippen LogP contribution < -0.4 is 9.47 Å². The fourth-order valence-corrected chi connectivity index (χ4v) is 3.91.